The molecular weight excluding hydrogens is 176 g/mol. The zero-order valence-electron chi connectivity index (χ0n) is 4.24. The highest BCUT2D eigenvalue weighted by Crippen LogP contribution is 2.41. The Kier molecular flexibility index (Phi) is 1.29. The smallest absolute Gasteiger partial charge is 0.384 e. The minimum absolute atomic E-state index is 1.24. The first-order chi connectivity index (χ1) is 4.35. The first-order valence-electron chi connectivity index (χ1n) is 2.03. The van der Waals surface area contributed by atoms with Gasteiger partial charge in [-0.3, -0.25) is 0 Å². The average molecular weight is 176 g/mol. The first-order valence-corrected chi connectivity index (χ1v) is 2.43. The van der Waals surface area contributed by atoms with Crippen molar-refractivity contribution in [1.29, 1.82) is 0 Å². The van der Waals surface area contributed by atoms with Crippen molar-refractivity contribution >= 4 is 17.5 Å². The maximum Gasteiger partial charge on any atom is 0.510 e. The summed E-state index contributed by atoms with van der Waals surface area (Å²) in [5.41, 5.74) is 0. The van der Waals surface area contributed by atoms with Gasteiger partial charge in [0.1, 0.15) is 0 Å². The normalized spacial score (nSPS) is 27.4. The van der Waals surface area contributed by atoms with Gasteiger partial charge in [-0.25, -0.2) is 0 Å². The molecule has 0 spiro atoms. The number of rotatable bonds is 0. The molecule has 1 rings (SSSR count). The van der Waals surface area contributed by atoms with Crippen LogP contribution in [0.1, 0.15) is 0 Å². The number of hydrogen-bond acceptors (Lipinski definition) is 3. The van der Waals surface area contributed by atoms with Gasteiger partial charge in [-0.15, -0.1) is 0 Å². The van der Waals surface area contributed by atoms with Gasteiger partial charge in [0.15, 0.2) is 0 Å². The Labute approximate surface area is 57.7 Å². The summed E-state index contributed by atoms with van der Waals surface area (Å²) in [7, 11) is 0. The lowest BCUT2D eigenvalue weighted by atomic mass is 10.6. The maximum atomic E-state index is 11.8. The molecule has 1 aliphatic rings. The van der Waals surface area contributed by atoms with E-state index in [1.165, 1.54) is 0 Å². The highest BCUT2D eigenvalue weighted by Gasteiger charge is 2.69. The molecule has 0 radical (unpaired) electrons. The first kappa shape index (κ1) is 7.52. The zero-order chi connectivity index (χ0) is 7.99. The lowest BCUT2D eigenvalue weighted by molar-refractivity contribution is -0.344. The summed E-state index contributed by atoms with van der Waals surface area (Å²) in [5, 5.41) is -1.24. The van der Waals surface area contributed by atoms with Gasteiger partial charge in [-0.1, -0.05) is 0 Å². The second-order valence-electron chi connectivity index (χ2n) is 1.49. The number of alkyl halides is 4. The van der Waals surface area contributed by atoms with Crippen LogP contribution in [0.15, 0.2) is 0 Å². The van der Waals surface area contributed by atoms with Crippen molar-refractivity contribution in [2.45, 2.75) is 12.2 Å². The molecule has 0 atom stereocenters. The van der Waals surface area contributed by atoms with E-state index >= 15 is 0 Å². The molecule has 10 heavy (non-hydrogen) atoms. The molecule has 0 aliphatic carbocycles. The number of thiocarbonyl (C=S) groups is 1. The van der Waals surface area contributed by atoms with Gasteiger partial charge < -0.3 is 9.47 Å². The van der Waals surface area contributed by atoms with Crippen LogP contribution < -0.4 is 0 Å². The molecule has 1 aliphatic heterocycles. The highest BCUT2D eigenvalue weighted by atomic mass is 32.1. The van der Waals surface area contributed by atoms with E-state index in [2.05, 4.69) is 21.7 Å². The van der Waals surface area contributed by atoms with E-state index < -0.39 is 17.5 Å². The molecule has 2 nitrogen and oxygen atoms in total. The minimum atomic E-state index is -4.63. The van der Waals surface area contributed by atoms with E-state index in [4.69, 9.17) is 0 Å². The van der Waals surface area contributed by atoms with Crippen LogP contribution in [0, 0.1) is 0 Å². The molecule has 0 unspecified atom stereocenters. The van der Waals surface area contributed by atoms with Gasteiger partial charge in [0.05, 0.1) is 0 Å². The van der Waals surface area contributed by atoms with Crippen molar-refractivity contribution in [1.82, 2.24) is 0 Å². The zero-order valence-corrected chi connectivity index (χ0v) is 5.05. The van der Waals surface area contributed by atoms with E-state index in [9.17, 15) is 17.6 Å². The van der Waals surface area contributed by atoms with Crippen molar-refractivity contribution in [3.63, 3.8) is 0 Å². The van der Waals surface area contributed by atoms with E-state index in [-0.39, 0.29) is 0 Å². The Balaban J connectivity index is 2.88. The van der Waals surface area contributed by atoms with E-state index in [1.54, 1.807) is 0 Å². The third kappa shape index (κ3) is 0.898. The van der Waals surface area contributed by atoms with Crippen molar-refractivity contribution in [2.75, 3.05) is 0 Å². The molecule has 1 saturated heterocycles. The van der Waals surface area contributed by atoms with Crippen molar-refractivity contribution in [2.24, 2.45) is 0 Å². The number of halogens is 4. The van der Waals surface area contributed by atoms with Gasteiger partial charge >= 0.3 is 17.5 Å². The van der Waals surface area contributed by atoms with Crippen LogP contribution in [-0.2, 0) is 9.47 Å². The predicted octanol–water partition coefficient (Wildman–Crippen LogP) is 1.50. The number of ether oxygens (including phenoxy) is 2. The second-order valence-corrected chi connectivity index (χ2v) is 1.82. The second kappa shape index (κ2) is 1.71. The summed E-state index contributed by atoms with van der Waals surface area (Å²) in [6.07, 6.45) is -9.27. The predicted molar refractivity (Wildman–Crippen MR) is 24.7 cm³/mol. The molecule has 0 N–H and O–H groups in total. The van der Waals surface area contributed by atoms with Crippen molar-refractivity contribution in [3.05, 3.63) is 0 Å². The lowest BCUT2D eigenvalue weighted by Gasteiger charge is -2.10. The molecule has 1 heterocycles. The summed E-state index contributed by atoms with van der Waals surface area (Å²) in [4.78, 5) is 0. The fourth-order valence-corrected chi connectivity index (χ4v) is 0.558. The molecule has 0 aromatic heterocycles. The van der Waals surface area contributed by atoms with Crippen molar-refractivity contribution in [3.8, 4) is 0 Å². The Morgan fingerprint density at radius 1 is 1.00 bits per heavy atom. The van der Waals surface area contributed by atoms with Gasteiger partial charge in [0.25, 0.3) is 0 Å². The monoisotopic (exact) mass is 176 g/mol. The Hall–Kier alpha value is -0.590. The molecular formula is C3F4O2S. The standard InChI is InChI=1S/C3F4O2S/c4-2(5)3(6,7)9-1(10)8-2. The molecule has 7 heteroatoms. The molecule has 0 aromatic rings. The Morgan fingerprint density at radius 2 is 1.30 bits per heavy atom. The lowest BCUT2D eigenvalue weighted by Crippen LogP contribution is -2.36. The molecule has 0 bridgehead atoms. The van der Waals surface area contributed by atoms with Gasteiger partial charge in [0, 0.05) is 12.2 Å². The van der Waals surface area contributed by atoms with Crippen LogP contribution in [0.5, 0.6) is 0 Å². The third-order valence-corrected chi connectivity index (χ3v) is 0.929. The minimum Gasteiger partial charge on any atom is -0.384 e. The number of hydrogen-bond donors (Lipinski definition) is 0. The van der Waals surface area contributed by atoms with E-state index in [0.717, 1.165) is 0 Å². The van der Waals surface area contributed by atoms with Gasteiger partial charge in [0.2, 0.25) is 0 Å². The molecule has 0 amide bonds. The van der Waals surface area contributed by atoms with Gasteiger partial charge in [-0.2, -0.15) is 17.6 Å². The van der Waals surface area contributed by atoms with Crippen LogP contribution >= 0.6 is 12.2 Å². The highest BCUT2D eigenvalue weighted by molar-refractivity contribution is 7.79. The molecule has 0 saturated carbocycles. The van der Waals surface area contributed by atoms with E-state index in [1.807, 2.05) is 0 Å². The summed E-state index contributed by atoms with van der Waals surface area (Å²) in [6, 6.07) is 0. The fraction of sp³-hybridized carbons (Fsp3) is 0.667. The van der Waals surface area contributed by atoms with Crippen LogP contribution in [0.2, 0.25) is 0 Å². The maximum absolute atomic E-state index is 11.8. The molecule has 58 valence electrons. The average Bonchev–Trinajstić information content (AvgIpc) is 1.73. The summed E-state index contributed by atoms with van der Waals surface area (Å²) in [6.45, 7) is 0. The Morgan fingerprint density at radius 3 is 1.40 bits per heavy atom. The fourth-order valence-electron chi connectivity index (χ4n) is 0.349. The van der Waals surface area contributed by atoms with Crippen LogP contribution in [0.4, 0.5) is 17.6 Å². The van der Waals surface area contributed by atoms with Crippen LogP contribution in [0.3, 0.4) is 0 Å². The van der Waals surface area contributed by atoms with Gasteiger partial charge in [-0.05, 0) is 0 Å². The summed E-state index contributed by atoms with van der Waals surface area (Å²) in [5.74, 6) is 0. The van der Waals surface area contributed by atoms with Crippen molar-refractivity contribution < 1.29 is 27.0 Å². The SMILES string of the molecule is FC1(F)OC(=S)OC1(F)F. The quantitative estimate of drug-likeness (QED) is 0.411. The van der Waals surface area contributed by atoms with Crippen LogP contribution in [-0.4, -0.2) is 17.5 Å². The molecule has 0 aromatic carbocycles. The summed E-state index contributed by atoms with van der Waals surface area (Å²) < 4.78 is 53.5. The van der Waals surface area contributed by atoms with Crippen LogP contribution in [0.25, 0.3) is 0 Å². The largest absolute Gasteiger partial charge is 0.510 e. The molecule has 1 fully saturated rings. The van der Waals surface area contributed by atoms with E-state index in [0.29, 0.717) is 0 Å². The Bertz CT molecular complexity index is 161. The topological polar surface area (TPSA) is 18.5 Å². The third-order valence-electron chi connectivity index (χ3n) is 0.762. The summed E-state index contributed by atoms with van der Waals surface area (Å²) >= 11 is 3.81.